The Bertz CT molecular complexity index is 686. The van der Waals surface area contributed by atoms with Crippen molar-refractivity contribution in [2.45, 2.75) is 6.61 Å². The maximum absolute atomic E-state index is 13.9. The number of nitrogens with two attached hydrogens (primary N) is 1. The highest BCUT2D eigenvalue weighted by Gasteiger charge is 2.11. The van der Waals surface area contributed by atoms with Gasteiger partial charge in [0.05, 0.1) is 10.0 Å². The summed E-state index contributed by atoms with van der Waals surface area (Å²) in [5.41, 5.74) is 6.22. The fourth-order valence-electron chi connectivity index (χ4n) is 1.63. The van der Waals surface area contributed by atoms with Gasteiger partial charge in [-0.3, -0.25) is 0 Å². The van der Waals surface area contributed by atoms with E-state index in [0.717, 1.165) is 0 Å². The molecule has 0 fully saturated rings. The van der Waals surface area contributed by atoms with Gasteiger partial charge in [-0.05, 0) is 18.2 Å². The Kier molecular flexibility index (Phi) is 5.27. The lowest BCUT2D eigenvalue weighted by atomic mass is 10.1. The first-order chi connectivity index (χ1) is 9.88. The number of benzene rings is 2. The number of halogens is 4. The lowest BCUT2D eigenvalue weighted by molar-refractivity contribution is 0.300. The van der Waals surface area contributed by atoms with Gasteiger partial charge in [0.2, 0.25) is 0 Å². The van der Waals surface area contributed by atoms with Crippen LogP contribution in [0.3, 0.4) is 0 Å². The monoisotopic (exact) mass is 363 g/mol. The van der Waals surface area contributed by atoms with E-state index in [9.17, 15) is 4.39 Å². The molecule has 0 atom stereocenters. The van der Waals surface area contributed by atoms with E-state index >= 15 is 0 Å². The number of hydrogen-bond donors (Lipinski definition) is 1. The highest BCUT2D eigenvalue weighted by Crippen LogP contribution is 2.36. The van der Waals surface area contributed by atoms with Crippen molar-refractivity contribution in [3.8, 4) is 5.75 Å². The van der Waals surface area contributed by atoms with Crippen molar-refractivity contribution >= 4 is 52.0 Å². The maximum Gasteiger partial charge on any atom is 0.157 e. The van der Waals surface area contributed by atoms with E-state index in [1.165, 1.54) is 18.2 Å². The van der Waals surface area contributed by atoms with Gasteiger partial charge in [0, 0.05) is 16.1 Å². The fourth-order valence-corrected chi connectivity index (χ4v) is 2.69. The molecule has 0 saturated carbocycles. The predicted octanol–water partition coefficient (Wildman–Crippen LogP) is 5.00. The smallest absolute Gasteiger partial charge is 0.157 e. The third kappa shape index (κ3) is 3.98. The van der Waals surface area contributed by atoms with E-state index < -0.39 is 5.82 Å². The molecule has 110 valence electrons. The first-order valence-electron chi connectivity index (χ1n) is 5.74. The SMILES string of the molecule is NC(=S)c1ccc(COc2c(Cl)cc(Cl)cc2Cl)c(F)c1. The summed E-state index contributed by atoms with van der Waals surface area (Å²) in [4.78, 5) is 0.130. The van der Waals surface area contributed by atoms with Crippen LogP contribution in [0, 0.1) is 5.82 Å². The molecule has 0 unspecified atom stereocenters. The van der Waals surface area contributed by atoms with Gasteiger partial charge in [0.25, 0.3) is 0 Å². The van der Waals surface area contributed by atoms with Crippen molar-refractivity contribution in [3.63, 3.8) is 0 Å². The molecule has 2 aromatic rings. The number of thiocarbonyl (C=S) groups is 1. The van der Waals surface area contributed by atoms with Gasteiger partial charge >= 0.3 is 0 Å². The Balaban J connectivity index is 2.19. The third-order valence-electron chi connectivity index (χ3n) is 2.67. The molecule has 0 aliphatic carbocycles. The van der Waals surface area contributed by atoms with Crippen LogP contribution < -0.4 is 10.5 Å². The normalized spacial score (nSPS) is 10.5. The Morgan fingerprint density at radius 2 is 1.76 bits per heavy atom. The highest BCUT2D eigenvalue weighted by molar-refractivity contribution is 7.80. The molecule has 0 radical (unpaired) electrons. The Morgan fingerprint density at radius 3 is 2.29 bits per heavy atom. The van der Waals surface area contributed by atoms with Gasteiger partial charge in [0.1, 0.15) is 17.4 Å². The van der Waals surface area contributed by atoms with Crippen molar-refractivity contribution in [3.05, 3.63) is 62.3 Å². The van der Waals surface area contributed by atoms with E-state index in [1.54, 1.807) is 12.1 Å². The molecule has 0 aromatic heterocycles. The maximum atomic E-state index is 13.9. The predicted molar refractivity (Wildman–Crippen MR) is 88.1 cm³/mol. The van der Waals surface area contributed by atoms with E-state index in [2.05, 4.69) is 0 Å². The topological polar surface area (TPSA) is 35.2 Å². The lowest BCUT2D eigenvalue weighted by Gasteiger charge is -2.11. The van der Waals surface area contributed by atoms with Crippen molar-refractivity contribution < 1.29 is 9.13 Å². The summed E-state index contributed by atoms with van der Waals surface area (Å²) in [6.45, 7) is -0.0372. The molecule has 0 aliphatic rings. The quantitative estimate of drug-likeness (QED) is 0.775. The van der Waals surface area contributed by atoms with Gasteiger partial charge in [-0.1, -0.05) is 59.2 Å². The summed E-state index contributed by atoms with van der Waals surface area (Å²) in [6.07, 6.45) is 0. The van der Waals surface area contributed by atoms with Gasteiger partial charge in [-0.2, -0.15) is 0 Å². The molecular formula is C14H9Cl3FNOS. The zero-order chi connectivity index (χ0) is 15.6. The first-order valence-corrected chi connectivity index (χ1v) is 7.28. The number of rotatable bonds is 4. The van der Waals surface area contributed by atoms with Crippen molar-refractivity contribution in [2.75, 3.05) is 0 Å². The van der Waals surface area contributed by atoms with Crippen LogP contribution in [-0.4, -0.2) is 4.99 Å². The molecule has 0 heterocycles. The third-order valence-corrected chi connectivity index (χ3v) is 3.69. The average molecular weight is 365 g/mol. The molecule has 2 rings (SSSR count). The minimum atomic E-state index is -0.471. The van der Waals surface area contributed by atoms with Gasteiger partial charge in [-0.25, -0.2) is 4.39 Å². The summed E-state index contributed by atoms with van der Waals surface area (Å²) in [6, 6.07) is 7.41. The van der Waals surface area contributed by atoms with Crippen molar-refractivity contribution in [2.24, 2.45) is 5.73 Å². The zero-order valence-electron chi connectivity index (χ0n) is 10.5. The molecule has 7 heteroatoms. The molecule has 0 aliphatic heterocycles. The van der Waals surface area contributed by atoms with Crippen LogP contribution >= 0.6 is 47.0 Å². The van der Waals surface area contributed by atoms with Crippen LogP contribution in [0.2, 0.25) is 15.1 Å². The summed E-state index contributed by atoms with van der Waals surface area (Å²) in [5, 5.41) is 0.907. The largest absolute Gasteiger partial charge is 0.486 e. The molecule has 2 nitrogen and oxygen atoms in total. The summed E-state index contributed by atoms with van der Waals surface area (Å²) in [7, 11) is 0. The standard InChI is InChI=1S/C14H9Cl3FNOS/c15-9-4-10(16)13(11(17)5-9)20-6-8-2-1-7(14(19)21)3-12(8)18/h1-5H,6H2,(H2,19,21). The van der Waals surface area contributed by atoms with Crippen LogP contribution in [0.5, 0.6) is 5.75 Å². The van der Waals surface area contributed by atoms with E-state index in [0.29, 0.717) is 16.1 Å². The lowest BCUT2D eigenvalue weighted by Crippen LogP contribution is -2.10. The molecule has 0 spiro atoms. The minimum absolute atomic E-state index is 0.0372. The van der Waals surface area contributed by atoms with Crippen LogP contribution in [0.4, 0.5) is 4.39 Å². The Morgan fingerprint density at radius 1 is 1.14 bits per heavy atom. The van der Waals surface area contributed by atoms with E-state index in [1.807, 2.05) is 0 Å². The highest BCUT2D eigenvalue weighted by atomic mass is 35.5. The first kappa shape index (κ1) is 16.3. The van der Waals surface area contributed by atoms with Crippen molar-refractivity contribution in [1.82, 2.24) is 0 Å². The van der Waals surface area contributed by atoms with E-state index in [-0.39, 0.29) is 27.4 Å². The second kappa shape index (κ2) is 6.79. The summed E-state index contributed by atoms with van der Waals surface area (Å²) < 4.78 is 19.4. The summed E-state index contributed by atoms with van der Waals surface area (Å²) in [5.74, 6) is -0.220. The molecular weight excluding hydrogens is 356 g/mol. The second-order valence-electron chi connectivity index (χ2n) is 4.16. The fraction of sp³-hybridized carbons (Fsp3) is 0.0714. The molecule has 2 aromatic carbocycles. The van der Waals surface area contributed by atoms with Crippen LogP contribution in [0.1, 0.15) is 11.1 Å². The average Bonchev–Trinajstić information content (AvgIpc) is 2.38. The van der Waals surface area contributed by atoms with Crippen molar-refractivity contribution in [1.29, 1.82) is 0 Å². The molecule has 21 heavy (non-hydrogen) atoms. The Hall–Kier alpha value is -1.07. The van der Waals surface area contributed by atoms with Crippen LogP contribution in [0.25, 0.3) is 0 Å². The molecule has 0 amide bonds. The zero-order valence-corrected chi connectivity index (χ0v) is 13.6. The van der Waals surface area contributed by atoms with Gasteiger partial charge in [0.15, 0.2) is 5.75 Å². The summed E-state index contributed by atoms with van der Waals surface area (Å²) >= 11 is 22.6. The second-order valence-corrected chi connectivity index (χ2v) is 5.85. The minimum Gasteiger partial charge on any atom is -0.486 e. The number of hydrogen-bond acceptors (Lipinski definition) is 2. The van der Waals surface area contributed by atoms with Crippen LogP contribution in [0.15, 0.2) is 30.3 Å². The van der Waals surface area contributed by atoms with Gasteiger partial charge in [-0.15, -0.1) is 0 Å². The molecule has 2 N–H and O–H groups in total. The van der Waals surface area contributed by atoms with E-state index in [4.69, 9.17) is 57.5 Å². The molecule has 0 bridgehead atoms. The number of ether oxygens (including phenoxy) is 1. The molecule has 0 saturated heterocycles. The Labute approximate surface area is 141 Å². The van der Waals surface area contributed by atoms with Crippen LogP contribution in [-0.2, 0) is 6.61 Å². The van der Waals surface area contributed by atoms with Gasteiger partial charge < -0.3 is 10.5 Å².